The van der Waals surface area contributed by atoms with Crippen LogP contribution in [-0.4, -0.2) is 53.3 Å². The molecular formula is C17H32N3O2+. The lowest BCUT2D eigenvalue weighted by Gasteiger charge is -2.42. The molecule has 1 aliphatic carbocycles. The summed E-state index contributed by atoms with van der Waals surface area (Å²) in [5, 5.41) is 0. The van der Waals surface area contributed by atoms with E-state index in [-0.39, 0.29) is 29.8 Å². The Morgan fingerprint density at radius 2 is 1.73 bits per heavy atom. The van der Waals surface area contributed by atoms with Crippen molar-refractivity contribution in [2.75, 3.05) is 19.6 Å². The number of carbonyl (C=O) groups is 2. The Balaban J connectivity index is 1.92. The van der Waals surface area contributed by atoms with Crippen LogP contribution in [-0.2, 0) is 9.59 Å². The van der Waals surface area contributed by atoms with Crippen LogP contribution in [0.2, 0.25) is 0 Å². The average Bonchev–Trinajstić information content (AvgIpc) is 2.53. The highest BCUT2D eigenvalue weighted by molar-refractivity contribution is 5.82. The van der Waals surface area contributed by atoms with Gasteiger partial charge < -0.3 is 15.5 Å². The van der Waals surface area contributed by atoms with Crippen molar-refractivity contribution < 1.29 is 15.3 Å². The molecule has 1 saturated carbocycles. The summed E-state index contributed by atoms with van der Waals surface area (Å²) in [5.74, 6) is 0.917. The maximum Gasteiger partial charge on any atom is 0.281 e. The summed E-state index contributed by atoms with van der Waals surface area (Å²) in [7, 11) is 0. The van der Waals surface area contributed by atoms with Crippen LogP contribution in [0.25, 0.3) is 0 Å². The standard InChI is InChI=1S/C17H31N3O2/c1-12(2)15(18)17(22)19-9-10-20(13(3)11-19)16(21)14-7-5-4-6-8-14/h12-15H,4-11,18H2,1-3H3/p+1/t13-,15+/m0/s1. The van der Waals surface area contributed by atoms with Crippen LogP contribution >= 0.6 is 0 Å². The molecule has 0 spiro atoms. The monoisotopic (exact) mass is 310 g/mol. The van der Waals surface area contributed by atoms with Crippen molar-refractivity contribution in [2.45, 2.75) is 65.0 Å². The highest BCUT2D eigenvalue weighted by Gasteiger charge is 2.36. The number of piperazine rings is 1. The summed E-state index contributed by atoms with van der Waals surface area (Å²) >= 11 is 0. The minimum atomic E-state index is -0.187. The van der Waals surface area contributed by atoms with Gasteiger partial charge in [-0.05, 0) is 19.8 Å². The maximum absolute atomic E-state index is 12.7. The summed E-state index contributed by atoms with van der Waals surface area (Å²) < 4.78 is 0. The molecular weight excluding hydrogens is 278 g/mol. The lowest BCUT2D eigenvalue weighted by Crippen LogP contribution is -2.71. The molecule has 1 aliphatic heterocycles. The fourth-order valence-corrected chi connectivity index (χ4v) is 3.59. The first kappa shape index (κ1) is 17.3. The van der Waals surface area contributed by atoms with Crippen LogP contribution in [0.4, 0.5) is 0 Å². The van der Waals surface area contributed by atoms with Gasteiger partial charge in [-0.15, -0.1) is 0 Å². The molecule has 22 heavy (non-hydrogen) atoms. The van der Waals surface area contributed by atoms with E-state index in [0.717, 1.165) is 12.8 Å². The molecule has 2 atom stereocenters. The number of amides is 2. The minimum absolute atomic E-state index is 0.117. The minimum Gasteiger partial charge on any atom is -0.347 e. The largest absolute Gasteiger partial charge is 0.347 e. The van der Waals surface area contributed by atoms with E-state index in [2.05, 4.69) is 12.7 Å². The van der Waals surface area contributed by atoms with Gasteiger partial charge in [-0.3, -0.25) is 9.59 Å². The smallest absolute Gasteiger partial charge is 0.281 e. The number of quaternary nitrogens is 1. The third-order valence-electron chi connectivity index (χ3n) is 5.30. The van der Waals surface area contributed by atoms with Gasteiger partial charge in [0.2, 0.25) is 5.91 Å². The quantitative estimate of drug-likeness (QED) is 0.841. The first-order valence-electron chi connectivity index (χ1n) is 8.84. The van der Waals surface area contributed by atoms with Crippen LogP contribution in [0.1, 0.15) is 52.9 Å². The molecule has 3 N–H and O–H groups in total. The molecule has 2 aliphatic rings. The van der Waals surface area contributed by atoms with Crippen LogP contribution < -0.4 is 5.73 Å². The molecule has 5 heteroatoms. The maximum atomic E-state index is 12.7. The lowest BCUT2D eigenvalue weighted by atomic mass is 9.87. The normalized spacial score (nSPS) is 25.4. The van der Waals surface area contributed by atoms with Gasteiger partial charge in [-0.2, -0.15) is 0 Å². The van der Waals surface area contributed by atoms with Crippen LogP contribution in [0.3, 0.4) is 0 Å². The highest BCUT2D eigenvalue weighted by atomic mass is 16.2. The van der Waals surface area contributed by atoms with Crippen molar-refractivity contribution in [1.82, 2.24) is 9.80 Å². The zero-order valence-corrected chi connectivity index (χ0v) is 14.4. The third kappa shape index (κ3) is 3.80. The fourth-order valence-electron chi connectivity index (χ4n) is 3.59. The molecule has 0 radical (unpaired) electrons. The van der Waals surface area contributed by atoms with E-state index in [1.807, 2.05) is 23.6 Å². The van der Waals surface area contributed by atoms with Gasteiger partial charge >= 0.3 is 0 Å². The van der Waals surface area contributed by atoms with E-state index in [1.165, 1.54) is 19.3 Å². The lowest BCUT2D eigenvalue weighted by molar-refractivity contribution is -0.416. The predicted octanol–water partition coefficient (Wildman–Crippen LogP) is 0.893. The zero-order chi connectivity index (χ0) is 16.3. The summed E-state index contributed by atoms with van der Waals surface area (Å²) in [6, 6.07) is -0.0701. The predicted molar refractivity (Wildman–Crippen MR) is 85.8 cm³/mol. The molecule has 1 saturated heterocycles. The van der Waals surface area contributed by atoms with Crippen LogP contribution in [0, 0.1) is 11.8 Å². The second-order valence-corrected chi connectivity index (χ2v) is 7.35. The average molecular weight is 310 g/mol. The fraction of sp³-hybridized carbons (Fsp3) is 0.882. The molecule has 0 aromatic heterocycles. The Bertz CT molecular complexity index is 405. The molecule has 126 valence electrons. The molecule has 0 aromatic rings. The number of nitrogens with zero attached hydrogens (tertiary/aromatic N) is 2. The topological polar surface area (TPSA) is 68.3 Å². The van der Waals surface area contributed by atoms with Crippen molar-refractivity contribution in [2.24, 2.45) is 11.8 Å². The second-order valence-electron chi connectivity index (χ2n) is 7.35. The van der Waals surface area contributed by atoms with E-state index in [1.54, 1.807) is 0 Å². The number of hydrogen-bond donors (Lipinski definition) is 1. The van der Waals surface area contributed by atoms with E-state index >= 15 is 0 Å². The van der Waals surface area contributed by atoms with Gasteiger partial charge in [0.05, 0.1) is 0 Å². The molecule has 0 unspecified atom stereocenters. The van der Waals surface area contributed by atoms with Gasteiger partial charge in [0.15, 0.2) is 6.04 Å². The van der Waals surface area contributed by atoms with Gasteiger partial charge in [0, 0.05) is 37.5 Å². The van der Waals surface area contributed by atoms with Crippen LogP contribution in [0.15, 0.2) is 0 Å². The van der Waals surface area contributed by atoms with Crippen molar-refractivity contribution in [1.29, 1.82) is 0 Å². The summed E-state index contributed by atoms with van der Waals surface area (Å²) in [4.78, 5) is 29.0. The van der Waals surface area contributed by atoms with E-state index in [4.69, 9.17) is 0 Å². The van der Waals surface area contributed by atoms with Crippen molar-refractivity contribution >= 4 is 11.8 Å². The molecule has 2 amide bonds. The molecule has 5 nitrogen and oxygen atoms in total. The molecule has 0 bridgehead atoms. The Labute approximate surface area is 134 Å². The molecule has 2 fully saturated rings. The number of rotatable bonds is 3. The Morgan fingerprint density at radius 3 is 2.27 bits per heavy atom. The first-order valence-corrected chi connectivity index (χ1v) is 8.84. The molecule has 2 rings (SSSR count). The van der Waals surface area contributed by atoms with Gasteiger partial charge in [0.1, 0.15) is 0 Å². The van der Waals surface area contributed by atoms with Gasteiger partial charge in [-0.25, -0.2) is 0 Å². The molecule has 0 aromatic carbocycles. The van der Waals surface area contributed by atoms with Gasteiger partial charge in [0.25, 0.3) is 5.91 Å². The second kappa shape index (κ2) is 7.44. The Kier molecular flexibility index (Phi) is 5.84. The first-order chi connectivity index (χ1) is 10.4. The van der Waals surface area contributed by atoms with E-state index < -0.39 is 0 Å². The summed E-state index contributed by atoms with van der Waals surface area (Å²) in [6.07, 6.45) is 5.71. The number of carbonyl (C=O) groups excluding carboxylic acids is 2. The van der Waals surface area contributed by atoms with Gasteiger partial charge in [-0.1, -0.05) is 33.1 Å². The van der Waals surface area contributed by atoms with Crippen molar-refractivity contribution in [3.8, 4) is 0 Å². The SMILES string of the molecule is CC(C)[C@@H]([NH3+])C(=O)N1CCN(C(=O)C2CCCCC2)[C@@H](C)C1. The van der Waals surface area contributed by atoms with E-state index in [9.17, 15) is 9.59 Å². The summed E-state index contributed by atoms with van der Waals surface area (Å²) in [6.45, 7) is 8.10. The Hall–Kier alpha value is -1.10. The third-order valence-corrected chi connectivity index (χ3v) is 5.30. The number of hydrogen-bond acceptors (Lipinski definition) is 2. The summed E-state index contributed by atoms with van der Waals surface area (Å²) in [5.41, 5.74) is 3.99. The van der Waals surface area contributed by atoms with Crippen molar-refractivity contribution in [3.05, 3.63) is 0 Å². The molecule has 1 heterocycles. The van der Waals surface area contributed by atoms with Crippen molar-refractivity contribution in [3.63, 3.8) is 0 Å². The Morgan fingerprint density at radius 1 is 1.09 bits per heavy atom. The van der Waals surface area contributed by atoms with Crippen LogP contribution in [0.5, 0.6) is 0 Å². The highest BCUT2D eigenvalue weighted by Crippen LogP contribution is 2.27. The van der Waals surface area contributed by atoms with E-state index in [0.29, 0.717) is 25.5 Å². The zero-order valence-electron chi connectivity index (χ0n) is 14.4.